The Morgan fingerprint density at radius 1 is 1.11 bits per heavy atom. The van der Waals surface area contributed by atoms with E-state index in [0.29, 0.717) is 16.0 Å². The van der Waals surface area contributed by atoms with Crippen molar-refractivity contribution in [3.63, 3.8) is 0 Å². The molecule has 19 heavy (non-hydrogen) atoms. The molecule has 0 spiro atoms. The molecule has 3 aromatic rings. The molecule has 0 saturated carbocycles. The predicted molar refractivity (Wildman–Crippen MR) is 70.1 cm³/mol. The summed E-state index contributed by atoms with van der Waals surface area (Å²) in [4.78, 5) is 11.0. The lowest BCUT2D eigenvalue weighted by Crippen LogP contribution is -2.11. The van der Waals surface area contributed by atoms with E-state index in [1.165, 1.54) is 0 Å². The first-order chi connectivity index (χ1) is 9.18. The van der Waals surface area contributed by atoms with Crippen LogP contribution in [0, 0.1) is 0 Å². The van der Waals surface area contributed by atoms with Crippen LogP contribution in [0.2, 0.25) is 0 Å². The number of nitrogens with zero attached hydrogens (tertiary/aromatic N) is 6. The molecule has 0 bridgehead atoms. The highest BCUT2D eigenvalue weighted by Gasteiger charge is 2.15. The second-order valence-corrected chi connectivity index (χ2v) is 4.28. The van der Waals surface area contributed by atoms with Crippen molar-refractivity contribution in [3.05, 3.63) is 30.6 Å². The van der Waals surface area contributed by atoms with Crippen LogP contribution >= 0.6 is 0 Å². The van der Waals surface area contributed by atoms with Crippen LogP contribution in [-0.2, 0) is 0 Å². The standard InChI is InChI=1S/C12H12N6O/c1-17(2)11-9(4-3-6-13-11)8-5-7-14-12-10(8)15-16-18(12)19/h3-7,19H,1-2H3. The van der Waals surface area contributed by atoms with E-state index in [-0.39, 0.29) is 0 Å². The van der Waals surface area contributed by atoms with E-state index < -0.39 is 0 Å². The van der Waals surface area contributed by atoms with Gasteiger partial charge in [0.1, 0.15) is 11.3 Å². The summed E-state index contributed by atoms with van der Waals surface area (Å²) in [5, 5.41) is 17.0. The molecular weight excluding hydrogens is 244 g/mol. The molecule has 0 amide bonds. The summed E-state index contributed by atoms with van der Waals surface area (Å²) in [5.41, 5.74) is 2.62. The van der Waals surface area contributed by atoms with Crippen molar-refractivity contribution >= 4 is 17.0 Å². The van der Waals surface area contributed by atoms with Gasteiger partial charge in [0.15, 0.2) is 0 Å². The highest BCUT2D eigenvalue weighted by molar-refractivity contribution is 5.92. The molecule has 0 atom stereocenters. The molecule has 0 unspecified atom stereocenters. The average molecular weight is 256 g/mol. The van der Waals surface area contributed by atoms with Gasteiger partial charge >= 0.3 is 0 Å². The molecule has 0 aliphatic rings. The zero-order valence-electron chi connectivity index (χ0n) is 10.5. The number of hydrogen-bond acceptors (Lipinski definition) is 6. The second kappa shape index (κ2) is 4.20. The quantitative estimate of drug-likeness (QED) is 0.694. The molecule has 0 aliphatic heterocycles. The molecular formula is C12H12N6O. The monoisotopic (exact) mass is 256 g/mol. The predicted octanol–water partition coefficient (Wildman–Crippen LogP) is 1.19. The Morgan fingerprint density at radius 2 is 1.95 bits per heavy atom. The SMILES string of the molecule is CN(C)c1ncccc1-c1ccnc2c1nnn2O. The molecule has 96 valence electrons. The number of aromatic nitrogens is 5. The van der Waals surface area contributed by atoms with Crippen LogP contribution in [-0.4, -0.2) is 44.4 Å². The van der Waals surface area contributed by atoms with Gasteiger partial charge in [0.25, 0.3) is 0 Å². The summed E-state index contributed by atoms with van der Waals surface area (Å²) < 4.78 is 0. The van der Waals surface area contributed by atoms with Crippen molar-refractivity contribution in [2.45, 2.75) is 0 Å². The van der Waals surface area contributed by atoms with Crippen LogP contribution in [0.15, 0.2) is 30.6 Å². The van der Waals surface area contributed by atoms with Crippen molar-refractivity contribution in [3.8, 4) is 11.1 Å². The van der Waals surface area contributed by atoms with E-state index >= 15 is 0 Å². The smallest absolute Gasteiger partial charge is 0.220 e. The van der Waals surface area contributed by atoms with Crippen LogP contribution in [0.3, 0.4) is 0 Å². The molecule has 3 heterocycles. The van der Waals surface area contributed by atoms with Crippen LogP contribution in [0.1, 0.15) is 0 Å². The number of pyridine rings is 2. The first kappa shape index (κ1) is 11.4. The third kappa shape index (κ3) is 1.75. The van der Waals surface area contributed by atoms with Gasteiger partial charge in [0, 0.05) is 37.6 Å². The van der Waals surface area contributed by atoms with Gasteiger partial charge in [0.05, 0.1) is 0 Å². The minimum absolute atomic E-state index is 0.325. The summed E-state index contributed by atoms with van der Waals surface area (Å²) in [6.07, 6.45) is 3.35. The molecule has 3 aromatic heterocycles. The van der Waals surface area contributed by atoms with Gasteiger partial charge in [-0.2, -0.15) is 0 Å². The lowest BCUT2D eigenvalue weighted by molar-refractivity contribution is 0.153. The zero-order valence-corrected chi connectivity index (χ0v) is 10.5. The van der Waals surface area contributed by atoms with Gasteiger partial charge in [-0.05, 0) is 23.4 Å². The minimum atomic E-state index is 0.325. The molecule has 0 radical (unpaired) electrons. The molecule has 7 nitrogen and oxygen atoms in total. The Labute approximate surface area is 109 Å². The Bertz CT molecular complexity index is 736. The largest absolute Gasteiger partial charge is 0.409 e. The van der Waals surface area contributed by atoms with Crippen LogP contribution in [0.25, 0.3) is 22.3 Å². The summed E-state index contributed by atoms with van der Waals surface area (Å²) in [6, 6.07) is 5.65. The number of anilines is 1. The molecule has 7 heteroatoms. The number of hydrogen-bond donors (Lipinski definition) is 1. The van der Waals surface area contributed by atoms with Crippen LogP contribution < -0.4 is 4.90 Å². The van der Waals surface area contributed by atoms with Gasteiger partial charge in [-0.3, -0.25) is 0 Å². The fourth-order valence-electron chi connectivity index (χ4n) is 2.00. The third-order valence-corrected chi connectivity index (χ3v) is 2.82. The van der Waals surface area contributed by atoms with Gasteiger partial charge in [-0.25, -0.2) is 9.97 Å². The first-order valence-electron chi connectivity index (χ1n) is 5.71. The van der Waals surface area contributed by atoms with Crippen molar-refractivity contribution in [2.24, 2.45) is 0 Å². The van der Waals surface area contributed by atoms with Crippen molar-refractivity contribution in [1.82, 2.24) is 25.1 Å². The van der Waals surface area contributed by atoms with E-state index in [9.17, 15) is 5.21 Å². The maximum absolute atomic E-state index is 9.52. The molecule has 0 aliphatic carbocycles. The highest BCUT2D eigenvalue weighted by Crippen LogP contribution is 2.31. The Kier molecular flexibility index (Phi) is 2.52. The Balaban J connectivity index is 2.31. The summed E-state index contributed by atoms with van der Waals surface area (Å²) in [5.74, 6) is 0.822. The fraction of sp³-hybridized carbons (Fsp3) is 0.167. The summed E-state index contributed by atoms with van der Waals surface area (Å²) >= 11 is 0. The topological polar surface area (TPSA) is 80.0 Å². The van der Waals surface area contributed by atoms with Crippen molar-refractivity contribution in [2.75, 3.05) is 19.0 Å². The second-order valence-electron chi connectivity index (χ2n) is 4.28. The number of rotatable bonds is 2. The van der Waals surface area contributed by atoms with Crippen molar-refractivity contribution < 1.29 is 5.21 Å². The molecule has 0 fully saturated rings. The maximum atomic E-state index is 9.52. The summed E-state index contributed by atoms with van der Waals surface area (Å²) in [7, 11) is 3.85. The molecule has 0 saturated heterocycles. The van der Waals surface area contributed by atoms with E-state index in [4.69, 9.17) is 0 Å². The van der Waals surface area contributed by atoms with Gasteiger partial charge in [-0.1, -0.05) is 4.85 Å². The Morgan fingerprint density at radius 3 is 2.74 bits per heavy atom. The van der Waals surface area contributed by atoms with Crippen molar-refractivity contribution in [1.29, 1.82) is 0 Å². The molecule has 3 rings (SSSR count). The van der Waals surface area contributed by atoms with Gasteiger partial charge in [-0.15, -0.1) is 5.10 Å². The lowest BCUT2D eigenvalue weighted by atomic mass is 10.1. The lowest BCUT2D eigenvalue weighted by Gasteiger charge is -2.15. The van der Waals surface area contributed by atoms with Crippen LogP contribution in [0.5, 0.6) is 0 Å². The Hall–Kier alpha value is -2.70. The third-order valence-electron chi connectivity index (χ3n) is 2.82. The van der Waals surface area contributed by atoms with Gasteiger partial charge in [0.2, 0.25) is 5.65 Å². The average Bonchev–Trinajstić information content (AvgIpc) is 2.81. The highest BCUT2D eigenvalue weighted by atomic mass is 16.5. The number of fused-ring (bicyclic) bond motifs is 1. The van der Waals surface area contributed by atoms with E-state index in [0.717, 1.165) is 16.9 Å². The normalized spacial score (nSPS) is 10.8. The maximum Gasteiger partial charge on any atom is 0.220 e. The minimum Gasteiger partial charge on any atom is -0.409 e. The summed E-state index contributed by atoms with van der Waals surface area (Å²) in [6.45, 7) is 0. The fourth-order valence-corrected chi connectivity index (χ4v) is 2.00. The zero-order chi connectivity index (χ0) is 13.4. The molecule has 0 aromatic carbocycles. The molecule has 1 N–H and O–H groups in total. The van der Waals surface area contributed by atoms with E-state index in [2.05, 4.69) is 20.3 Å². The first-order valence-corrected chi connectivity index (χ1v) is 5.71. The van der Waals surface area contributed by atoms with E-state index in [1.807, 2.05) is 37.2 Å². The van der Waals surface area contributed by atoms with E-state index in [1.54, 1.807) is 12.4 Å². The van der Waals surface area contributed by atoms with Gasteiger partial charge < -0.3 is 10.1 Å². The van der Waals surface area contributed by atoms with Crippen LogP contribution in [0.4, 0.5) is 5.82 Å².